The van der Waals surface area contributed by atoms with Crippen LogP contribution in [0.15, 0.2) is 73.1 Å². The minimum Gasteiger partial charge on any atom is -0.480 e. The molecule has 0 aliphatic carbocycles. The van der Waals surface area contributed by atoms with Crippen LogP contribution in [0.25, 0.3) is 16.7 Å². The van der Waals surface area contributed by atoms with Crippen LogP contribution in [0.5, 0.6) is 0 Å². The normalized spacial score (nSPS) is 12.0. The van der Waals surface area contributed by atoms with E-state index in [1.165, 1.54) is 12.1 Å². The number of aliphatic carboxylic acids is 1. The number of halogens is 1. The molecule has 38 heavy (non-hydrogen) atoms. The maximum atomic E-state index is 13.8. The number of nitrogens with zero attached hydrogens (tertiary/aromatic N) is 3. The second-order valence-electron chi connectivity index (χ2n) is 9.27. The molecular weight excluding hydrogens is 483 g/mol. The molecule has 8 nitrogen and oxygen atoms in total. The van der Waals surface area contributed by atoms with Gasteiger partial charge in [0.1, 0.15) is 11.9 Å². The maximum Gasteiger partial charge on any atom is 0.326 e. The fourth-order valence-corrected chi connectivity index (χ4v) is 4.51. The second-order valence-corrected chi connectivity index (χ2v) is 9.27. The SMILES string of the molecule is CCc1cc(F)cc(C)c1NC(Cc1ccc(-n2cc(CNc3nc4ccccc4[nH]3)cn2)cc1)C(=O)O. The Balaban J connectivity index is 1.24. The first-order valence-corrected chi connectivity index (χ1v) is 12.5. The Kier molecular flexibility index (Phi) is 7.08. The van der Waals surface area contributed by atoms with Crippen LogP contribution in [0.3, 0.4) is 0 Å². The van der Waals surface area contributed by atoms with Gasteiger partial charge in [-0.2, -0.15) is 5.10 Å². The molecule has 0 spiro atoms. The molecule has 3 aromatic carbocycles. The zero-order valence-corrected chi connectivity index (χ0v) is 21.2. The van der Waals surface area contributed by atoms with Crippen molar-refractivity contribution in [2.45, 2.75) is 39.3 Å². The first kappa shape index (κ1) is 25.0. The van der Waals surface area contributed by atoms with Crippen molar-refractivity contribution in [3.63, 3.8) is 0 Å². The van der Waals surface area contributed by atoms with Crippen LogP contribution < -0.4 is 10.6 Å². The summed E-state index contributed by atoms with van der Waals surface area (Å²) in [5, 5.41) is 20.7. The predicted molar refractivity (Wildman–Crippen MR) is 146 cm³/mol. The van der Waals surface area contributed by atoms with E-state index in [2.05, 4.69) is 25.7 Å². The van der Waals surface area contributed by atoms with Gasteiger partial charge in [-0.05, 0) is 66.4 Å². The lowest BCUT2D eigenvalue weighted by Crippen LogP contribution is -2.32. The Morgan fingerprint density at radius 3 is 2.66 bits per heavy atom. The number of carboxylic acids is 1. The van der Waals surface area contributed by atoms with Gasteiger partial charge in [-0.15, -0.1) is 0 Å². The van der Waals surface area contributed by atoms with E-state index in [9.17, 15) is 14.3 Å². The van der Waals surface area contributed by atoms with Crippen molar-refractivity contribution in [2.24, 2.45) is 0 Å². The molecule has 2 aromatic heterocycles. The number of hydrogen-bond donors (Lipinski definition) is 4. The molecule has 0 amide bonds. The molecule has 1 atom stereocenters. The van der Waals surface area contributed by atoms with Gasteiger partial charge in [-0.3, -0.25) is 0 Å². The number of carboxylic acid groups (broad SMARTS) is 1. The Bertz CT molecular complexity index is 1540. The number of anilines is 2. The molecule has 0 aliphatic rings. The summed E-state index contributed by atoms with van der Waals surface area (Å²) in [7, 11) is 0. The molecule has 194 valence electrons. The van der Waals surface area contributed by atoms with Crippen LogP contribution in [0.4, 0.5) is 16.0 Å². The molecule has 0 radical (unpaired) electrons. The van der Waals surface area contributed by atoms with Gasteiger partial charge in [0.05, 0.1) is 22.9 Å². The van der Waals surface area contributed by atoms with Gasteiger partial charge in [0.2, 0.25) is 5.95 Å². The lowest BCUT2D eigenvalue weighted by molar-refractivity contribution is -0.137. The minimum absolute atomic E-state index is 0.279. The number of benzene rings is 3. The summed E-state index contributed by atoms with van der Waals surface area (Å²) in [6, 6.07) is 17.5. The average molecular weight is 513 g/mol. The van der Waals surface area contributed by atoms with Crippen molar-refractivity contribution in [3.05, 3.63) is 101 Å². The number of carbonyl (C=O) groups is 1. The number of hydrogen-bond acceptors (Lipinski definition) is 5. The number of fused-ring (bicyclic) bond motifs is 1. The Labute approximate surface area is 219 Å². The van der Waals surface area contributed by atoms with E-state index >= 15 is 0 Å². The van der Waals surface area contributed by atoms with Gasteiger partial charge < -0.3 is 20.7 Å². The van der Waals surface area contributed by atoms with Gasteiger partial charge in [0, 0.05) is 30.4 Å². The first-order chi connectivity index (χ1) is 18.4. The Morgan fingerprint density at radius 1 is 1.13 bits per heavy atom. The van der Waals surface area contributed by atoms with E-state index in [1.807, 2.05) is 61.7 Å². The predicted octanol–water partition coefficient (Wildman–Crippen LogP) is 5.48. The summed E-state index contributed by atoms with van der Waals surface area (Å²) >= 11 is 0. The monoisotopic (exact) mass is 512 g/mol. The van der Waals surface area contributed by atoms with Gasteiger partial charge in [-0.25, -0.2) is 18.9 Å². The molecule has 0 fully saturated rings. The third kappa shape index (κ3) is 5.51. The van der Waals surface area contributed by atoms with E-state index in [4.69, 9.17) is 0 Å². The number of aromatic amines is 1. The molecule has 4 N–H and O–H groups in total. The summed E-state index contributed by atoms with van der Waals surface area (Å²) in [4.78, 5) is 19.8. The van der Waals surface area contributed by atoms with Crippen LogP contribution >= 0.6 is 0 Å². The number of nitrogens with one attached hydrogen (secondary N) is 3. The van der Waals surface area contributed by atoms with E-state index in [0.717, 1.165) is 33.4 Å². The molecule has 5 aromatic rings. The highest BCUT2D eigenvalue weighted by Crippen LogP contribution is 2.25. The largest absolute Gasteiger partial charge is 0.480 e. The lowest BCUT2D eigenvalue weighted by atomic mass is 10.0. The topological polar surface area (TPSA) is 108 Å². The summed E-state index contributed by atoms with van der Waals surface area (Å²) in [6.45, 7) is 4.26. The van der Waals surface area contributed by atoms with Gasteiger partial charge in [0.15, 0.2) is 0 Å². The highest BCUT2D eigenvalue weighted by Gasteiger charge is 2.20. The van der Waals surface area contributed by atoms with Crippen LogP contribution in [0.1, 0.15) is 29.2 Å². The molecule has 1 unspecified atom stereocenters. The molecule has 0 saturated heterocycles. The van der Waals surface area contributed by atoms with Crippen LogP contribution in [-0.4, -0.2) is 36.9 Å². The summed E-state index contributed by atoms with van der Waals surface area (Å²) in [5.74, 6) is -0.584. The number of rotatable bonds is 10. The maximum absolute atomic E-state index is 13.8. The van der Waals surface area contributed by atoms with Crippen molar-refractivity contribution in [1.29, 1.82) is 0 Å². The summed E-state index contributed by atoms with van der Waals surface area (Å²) < 4.78 is 15.6. The zero-order chi connectivity index (χ0) is 26.6. The Hall–Kier alpha value is -4.66. The first-order valence-electron chi connectivity index (χ1n) is 12.5. The smallest absolute Gasteiger partial charge is 0.326 e. The van der Waals surface area contributed by atoms with Crippen LogP contribution in [0, 0.1) is 12.7 Å². The third-order valence-corrected chi connectivity index (χ3v) is 6.51. The highest BCUT2D eigenvalue weighted by molar-refractivity contribution is 5.79. The molecule has 0 saturated carbocycles. The van der Waals surface area contributed by atoms with Crippen molar-refractivity contribution in [2.75, 3.05) is 10.6 Å². The number of H-pyrrole nitrogens is 1. The van der Waals surface area contributed by atoms with E-state index in [-0.39, 0.29) is 12.2 Å². The molecule has 0 bridgehead atoms. The van der Waals surface area contributed by atoms with E-state index in [0.29, 0.717) is 30.2 Å². The van der Waals surface area contributed by atoms with Crippen LogP contribution in [-0.2, 0) is 24.2 Å². The standard InChI is InChI=1S/C29H29FN6O2/c1-3-21-14-22(30)12-18(2)27(21)33-26(28(37)38)13-19-8-10-23(11-9-19)36-17-20(16-32-36)15-31-29-34-24-6-4-5-7-25(24)35-29/h4-12,14,16-17,26,33H,3,13,15H2,1-2H3,(H,37,38)(H2,31,34,35). The molecule has 5 rings (SSSR count). The number of aromatic nitrogens is 4. The number of para-hydroxylation sites is 2. The van der Waals surface area contributed by atoms with Gasteiger partial charge in [-0.1, -0.05) is 31.2 Å². The van der Waals surface area contributed by atoms with E-state index in [1.54, 1.807) is 17.8 Å². The number of aryl methyl sites for hydroxylation is 2. The summed E-state index contributed by atoms with van der Waals surface area (Å²) in [6.07, 6.45) is 4.61. The Morgan fingerprint density at radius 2 is 1.92 bits per heavy atom. The fourth-order valence-electron chi connectivity index (χ4n) is 4.51. The van der Waals surface area contributed by atoms with Gasteiger partial charge >= 0.3 is 5.97 Å². The van der Waals surface area contributed by atoms with Gasteiger partial charge in [0.25, 0.3) is 0 Å². The average Bonchev–Trinajstić information content (AvgIpc) is 3.55. The van der Waals surface area contributed by atoms with Crippen molar-refractivity contribution >= 4 is 28.6 Å². The molecular formula is C29H29FN6O2. The van der Waals surface area contributed by atoms with Crippen LogP contribution in [0.2, 0.25) is 0 Å². The van der Waals surface area contributed by atoms with Crippen molar-refractivity contribution < 1.29 is 14.3 Å². The van der Waals surface area contributed by atoms with Crippen molar-refractivity contribution in [3.8, 4) is 5.69 Å². The lowest BCUT2D eigenvalue weighted by Gasteiger charge is -2.20. The second kappa shape index (κ2) is 10.8. The van der Waals surface area contributed by atoms with Crippen molar-refractivity contribution in [1.82, 2.24) is 19.7 Å². The minimum atomic E-state index is -0.964. The molecule has 9 heteroatoms. The quantitative estimate of drug-likeness (QED) is 0.197. The number of imidazole rings is 1. The molecule has 0 aliphatic heterocycles. The fraction of sp³-hybridized carbons (Fsp3) is 0.207. The zero-order valence-electron chi connectivity index (χ0n) is 21.2. The highest BCUT2D eigenvalue weighted by atomic mass is 19.1. The van der Waals surface area contributed by atoms with E-state index < -0.39 is 12.0 Å². The summed E-state index contributed by atoms with van der Waals surface area (Å²) in [5.41, 5.74) is 6.73. The third-order valence-electron chi connectivity index (χ3n) is 6.51. The molecule has 2 heterocycles.